The fraction of sp³-hybridized carbons (Fsp3) is 0.500. The van der Waals surface area contributed by atoms with Gasteiger partial charge in [0.2, 0.25) is 0 Å². The quantitative estimate of drug-likeness (QED) is 0.182. The van der Waals surface area contributed by atoms with Gasteiger partial charge in [-0.3, -0.25) is 0 Å². The van der Waals surface area contributed by atoms with Gasteiger partial charge in [-0.25, -0.2) is 0 Å². The maximum atomic E-state index is 10.2. The number of rotatable bonds is 17. The Bertz CT molecular complexity index is 775. The number of nitrogens with zero attached hydrogens (tertiary/aromatic N) is 2. The number of hydrogen-bond donors (Lipinski definition) is 2. The lowest BCUT2D eigenvalue weighted by atomic mass is 10.2. The second-order valence-corrected chi connectivity index (χ2v) is 10.0. The molecule has 182 valence electrons. The average molecular weight is 476 g/mol. The number of aliphatic hydroxyl groups excluding tert-OH is 1. The first kappa shape index (κ1) is 27.1. The van der Waals surface area contributed by atoms with Crippen LogP contribution in [0.2, 0.25) is 6.04 Å². The molecule has 33 heavy (non-hydrogen) atoms. The van der Waals surface area contributed by atoms with Crippen molar-refractivity contribution in [3.63, 3.8) is 0 Å². The average Bonchev–Trinajstić information content (AvgIpc) is 2.83. The highest BCUT2D eigenvalue weighted by molar-refractivity contribution is 6.60. The van der Waals surface area contributed by atoms with Crippen LogP contribution in [0.5, 0.6) is 0 Å². The summed E-state index contributed by atoms with van der Waals surface area (Å²) in [6.07, 6.45) is 0.140. The van der Waals surface area contributed by atoms with Crippen LogP contribution in [-0.2, 0) is 18.0 Å². The van der Waals surface area contributed by atoms with E-state index in [4.69, 9.17) is 18.0 Å². The Morgan fingerprint density at radius 1 is 0.848 bits per heavy atom. The fourth-order valence-electron chi connectivity index (χ4n) is 3.16. The normalized spacial score (nSPS) is 12.8. The van der Waals surface area contributed by atoms with Crippen molar-refractivity contribution in [2.45, 2.75) is 39.3 Å². The monoisotopic (exact) mass is 475 g/mol. The summed E-state index contributed by atoms with van der Waals surface area (Å²) in [7, 11) is -2.63. The van der Waals surface area contributed by atoms with Crippen molar-refractivity contribution in [3.05, 3.63) is 54.6 Å². The molecule has 0 saturated heterocycles. The van der Waals surface area contributed by atoms with E-state index in [1.807, 2.05) is 75.4 Å². The molecule has 0 aromatic heterocycles. The smallest absolute Gasteiger partial charge is 0.389 e. The van der Waals surface area contributed by atoms with Gasteiger partial charge in [-0.05, 0) is 63.6 Å². The zero-order valence-corrected chi connectivity index (χ0v) is 20.9. The van der Waals surface area contributed by atoms with E-state index >= 15 is 0 Å². The summed E-state index contributed by atoms with van der Waals surface area (Å²) in [5.41, 5.74) is 2.47. The maximum absolute atomic E-state index is 10.2. The zero-order chi connectivity index (χ0) is 23.8. The molecule has 0 fully saturated rings. The van der Waals surface area contributed by atoms with E-state index in [-0.39, 0.29) is 6.61 Å². The van der Waals surface area contributed by atoms with Crippen molar-refractivity contribution in [2.75, 3.05) is 44.9 Å². The molecule has 1 unspecified atom stereocenters. The van der Waals surface area contributed by atoms with Crippen molar-refractivity contribution in [1.29, 1.82) is 0 Å². The molecule has 0 heterocycles. The highest BCUT2D eigenvalue weighted by atomic mass is 28.4. The summed E-state index contributed by atoms with van der Waals surface area (Å²) < 4.78 is 23.2. The van der Waals surface area contributed by atoms with Crippen LogP contribution in [0.1, 0.15) is 27.2 Å². The molecular formula is C24H37N3O5Si. The topological polar surface area (TPSA) is 93.9 Å². The SMILES string of the molecule is CCO[Si](CCCOCC(O)CNc1ccc(N=Nc2ccccc2)cc1)(OCC)OCC. The van der Waals surface area contributed by atoms with Gasteiger partial charge >= 0.3 is 8.80 Å². The van der Waals surface area contributed by atoms with Crippen LogP contribution in [0.3, 0.4) is 0 Å². The summed E-state index contributed by atoms with van der Waals surface area (Å²) in [6, 6.07) is 17.9. The van der Waals surface area contributed by atoms with E-state index in [1.165, 1.54) is 0 Å². The van der Waals surface area contributed by atoms with Gasteiger partial charge < -0.3 is 28.4 Å². The molecule has 2 aromatic rings. The number of azo groups is 1. The predicted molar refractivity (Wildman–Crippen MR) is 132 cm³/mol. The molecule has 0 radical (unpaired) electrons. The summed E-state index contributed by atoms with van der Waals surface area (Å²) in [5.74, 6) is 0. The molecule has 8 nitrogen and oxygen atoms in total. The van der Waals surface area contributed by atoms with E-state index in [2.05, 4.69) is 15.5 Å². The third-order valence-corrected chi connectivity index (χ3v) is 7.77. The molecule has 9 heteroatoms. The highest BCUT2D eigenvalue weighted by Crippen LogP contribution is 2.20. The molecular weight excluding hydrogens is 438 g/mol. The van der Waals surface area contributed by atoms with E-state index in [0.717, 1.165) is 23.5 Å². The van der Waals surface area contributed by atoms with Gasteiger partial charge in [0.1, 0.15) is 0 Å². The first-order valence-corrected chi connectivity index (χ1v) is 13.5. The van der Waals surface area contributed by atoms with Crippen LogP contribution < -0.4 is 5.32 Å². The largest absolute Gasteiger partial charge is 0.501 e. The third kappa shape index (κ3) is 10.6. The molecule has 2 aromatic carbocycles. The lowest BCUT2D eigenvalue weighted by Gasteiger charge is -2.28. The highest BCUT2D eigenvalue weighted by Gasteiger charge is 2.39. The van der Waals surface area contributed by atoms with E-state index in [1.54, 1.807) is 0 Å². The standard InChI is InChI=1S/C24H37N3O5Si/c1-4-30-33(31-5-2,32-6-3)18-10-17-29-20-24(28)19-25-21-13-15-23(16-14-21)27-26-22-11-8-7-9-12-22/h7-9,11-16,24-25,28H,4-6,10,17-20H2,1-3H3. The van der Waals surface area contributed by atoms with Crippen molar-refractivity contribution in [2.24, 2.45) is 10.2 Å². The van der Waals surface area contributed by atoms with Gasteiger partial charge in [-0.1, -0.05) is 18.2 Å². The van der Waals surface area contributed by atoms with Gasteiger partial charge in [-0.2, -0.15) is 10.2 Å². The minimum atomic E-state index is -2.63. The third-order valence-electron chi connectivity index (χ3n) is 4.62. The summed E-state index contributed by atoms with van der Waals surface area (Å²) in [5, 5.41) is 21.8. The molecule has 2 N–H and O–H groups in total. The van der Waals surface area contributed by atoms with Gasteiger partial charge in [0.25, 0.3) is 0 Å². The molecule has 2 rings (SSSR count). The summed E-state index contributed by atoms with van der Waals surface area (Å²) >= 11 is 0. The van der Waals surface area contributed by atoms with E-state index in [9.17, 15) is 5.11 Å². The predicted octanol–water partition coefficient (Wildman–Crippen LogP) is 5.33. The summed E-state index contributed by atoms with van der Waals surface area (Å²) in [6.45, 7) is 8.69. The van der Waals surface area contributed by atoms with Gasteiger partial charge in [0, 0.05) is 44.7 Å². The number of benzene rings is 2. The van der Waals surface area contributed by atoms with Gasteiger partial charge in [-0.15, -0.1) is 0 Å². The second kappa shape index (κ2) is 15.7. The molecule has 0 saturated carbocycles. The molecule has 0 amide bonds. The Morgan fingerprint density at radius 2 is 1.42 bits per heavy atom. The molecule has 1 atom stereocenters. The minimum Gasteiger partial charge on any atom is -0.389 e. The number of anilines is 1. The van der Waals surface area contributed by atoms with Crippen molar-refractivity contribution < 1.29 is 23.1 Å². The number of ether oxygens (including phenoxy) is 1. The van der Waals surface area contributed by atoms with Gasteiger partial charge in [0.05, 0.1) is 24.1 Å². The Labute approximate surface area is 198 Å². The summed E-state index contributed by atoms with van der Waals surface area (Å²) in [4.78, 5) is 0. The van der Waals surface area contributed by atoms with Crippen molar-refractivity contribution in [3.8, 4) is 0 Å². The first-order chi connectivity index (χ1) is 16.1. The zero-order valence-electron chi connectivity index (χ0n) is 19.9. The van der Waals surface area contributed by atoms with Crippen LogP contribution in [0.25, 0.3) is 0 Å². The van der Waals surface area contributed by atoms with Crippen LogP contribution in [0.4, 0.5) is 17.1 Å². The first-order valence-electron chi connectivity index (χ1n) is 11.6. The minimum absolute atomic E-state index is 0.253. The van der Waals surface area contributed by atoms with Crippen molar-refractivity contribution in [1.82, 2.24) is 0 Å². The maximum Gasteiger partial charge on any atom is 0.501 e. The van der Waals surface area contributed by atoms with Crippen LogP contribution in [0.15, 0.2) is 64.8 Å². The second-order valence-electron chi connectivity index (χ2n) is 7.28. The van der Waals surface area contributed by atoms with E-state index in [0.29, 0.717) is 39.0 Å². The lowest BCUT2D eigenvalue weighted by Crippen LogP contribution is -2.46. The van der Waals surface area contributed by atoms with E-state index < -0.39 is 14.9 Å². The molecule has 0 aliphatic heterocycles. The number of hydrogen-bond acceptors (Lipinski definition) is 8. The lowest BCUT2D eigenvalue weighted by molar-refractivity contribution is 0.0379. The number of aliphatic hydroxyl groups is 1. The van der Waals surface area contributed by atoms with Crippen molar-refractivity contribution >= 4 is 25.9 Å². The molecule has 0 spiro atoms. The molecule has 0 aliphatic carbocycles. The van der Waals surface area contributed by atoms with Crippen LogP contribution in [-0.4, -0.2) is 59.6 Å². The molecule has 0 aliphatic rings. The Morgan fingerprint density at radius 3 is 2.00 bits per heavy atom. The van der Waals surface area contributed by atoms with Crippen LogP contribution in [0, 0.1) is 0 Å². The fourth-order valence-corrected chi connectivity index (χ4v) is 5.74. The van der Waals surface area contributed by atoms with Crippen LogP contribution >= 0.6 is 0 Å². The Balaban J connectivity index is 1.66. The molecule has 0 bridgehead atoms. The Hall–Kier alpha value is -2.14. The van der Waals surface area contributed by atoms with Gasteiger partial charge in [0.15, 0.2) is 0 Å². The number of nitrogens with one attached hydrogen (secondary N) is 1. The Kier molecular flexibility index (Phi) is 12.9.